The summed E-state index contributed by atoms with van der Waals surface area (Å²) >= 11 is 5.33. The van der Waals surface area contributed by atoms with Gasteiger partial charge in [-0.25, -0.2) is 8.42 Å². The van der Waals surface area contributed by atoms with Crippen molar-refractivity contribution in [3.8, 4) is 5.75 Å². The zero-order chi connectivity index (χ0) is 18.6. The van der Waals surface area contributed by atoms with Crippen molar-refractivity contribution in [2.24, 2.45) is 0 Å². The van der Waals surface area contributed by atoms with Gasteiger partial charge in [-0.05, 0) is 56.1 Å². The van der Waals surface area contributed by atoms with Gasteiger partial charge in [-0.15, -0.1) is 0 Å². The minimum Gasteiger partial charge on any atom is -0.495 e. The molecule has 0 aromatic heterocycles. The molecule has 2 aliphatic heterocycles. The Bertz CT molecular complexity index is 742. The molecular weight excluding hydrogens is 374 g/mol. The van der Waals surface area contributed by atoms with Crippen LogP contribution in [0.5, 0.6) is 5.75 Å². The predicted molar refractivity (Wildman–Crippen MR) is 104 cm³/mol. The first-order valence-corrected chi connectivity index (χ1v) is 10.7. The number of rotatable bonds is 6. The van der Waals surface area contributed by atoms with E-state index in [1.165, 1.54) is 11.4 Å². The minimum absolute atomic E-state index is 0.165. The zero-order valence-corrected chi connectivity index (χ0v) is 16.5. The number of anilines is 1. The van der Waals surface area contributed by atoms with Crippen LogP contribution < -0.4 is 15.4 Å². The van der Waals surface area contributed by atoms with Crippen LogP contribution in [0.3, 0.4) is 0 Å². The lowest BCUT2D eigenvalue weighted by Crippen LogP contribution is -2.35. The molecule has 26 heavy (non-hydrogen) atoms. The van der Waals surface area contributed by atoms with Gasteiger partial charge in [-0.1, -0.05) is 0 Å². The first-order valence-electron chi connectivity index (χ1n) is 8.85. The molecular formula is C17H25N3O4S2. The topological polar surface area (TPSA) is 79.9 Å². The van der Waals surface area contributed by atoms with E-state index in [9.17, 15) is 8.42 Å². The molecule has 1 atom stereocenters. The number of ether oxygens (including phenoxy) is 2. The molecule has 2 heterocycles. The minimum atomic E-state index is -3.49. The van der Waals surface area contributed by atoms with Crippen molar-refractivity contribution in [1.29, 1.82) is 0 Å². The first-order chi connectivity index (χ1) is 12.5. The van der Waals surface area contributed by atoms with Gasteiger partial charge in [-0.2, -0.15) is 4.31 Å². The SMILES string of the molecule is COc1ccc(S(=O)(=O)N2CCCC2)cc1NC(=S)NCC1CCCO1. The number of nitrogens with one attached hydrogen (secondary N) is 2. The Labute approximate surface area is 160 Å². The molecule has 2 N–H and O–H groups in total. The van der Waals surface area contributed by atoms with Gasteiger partial charge in [0.05, 0.1) is 23.8 Å². The molecule has 3 rings (SSSR count). The Morgan fingerprint density at radius 2 is 2.12 bits per heavy atom. The summed E-state index contributed by atoms with van der Waals surface area (Å²) in [6, 6.07) is 4.79. The van der Waals surface area contributed by atoms with Gasteiger partial charge >= 0.3 is 0 Å². The van der Waals surface area contributed by atoms with Crippen LogP contribution in [0.15, 0.2) is 23.1 Å². The molecule has 9 heteroatoms. The quantitative estimate of drug-likeness (QED) is 0.708. The molecule has 0 amide bonds. The summed E-state index contributed by atoms with van der Waals surface area (Å²) in [5.74, 6) is 0.534. The Hall–Kier alpha value is -1.42. The summed E-state index contributed by atoms with van der Waals surface area (Å²) < 4.78 is 37.9. The molecule has 7 nitrogen and oxygen atoms in total. The highest BCUT2D eigenvalue weighted by atomic mass is 32.2. The normalized spacial score (nSPS) is 20.9. The monoisotopic (exact) mass is 399 g/mol. The average Bonchev–Trinajstić information content (AvgIpc) is 3.33. The van der Waals surface area contributed by atoms with Gasteiger partial charge in [0, 0.05) is 26.2 Å². The van der Waals surface area contributed by atoms with E-state index in [2.05, 4.69) is 10.6 Å². The molecule has 0 aliphatic carbocycles. The van der Waals surface area contributed by atoms with Crippen LogP contribution in [-0.2, 0) is 14.8 Å². The molecule has 1 aromatic carbocycles. The van der Waals surface area contributed by atoms with Crippen molar-refractivity contribution in [3.63, 3.8) is 0 Å². The zero-order valence-electron chi connectivity index (χ0n) is 14.9. The molecule has 0 spiro atoms. The highest BCUT2D eigenvalue weighted by Gasteiger charge is 2.28. The predicted octanol–water partition coefficient (Wildman–Crippen LogP) is 1.95. The first kappa shape index (κ1) is 19.3. The van der Waals surface area contributed by atoms with E-state index in [1.54, 1.807) is 18.2 Å². The smallest absolute Gasteiger partial charge is 0.243 e. The highest BCUT2D eigenvalue weighted by Crippen LogP contribution is 2.30. The average molecular weight is 400 g/mol. The summed E-state index contributed by atoms with van der Waals surface area (Å²) in [6.07, 6.45) is 4.05. The fraction of sp³-hybridized carbons (Fsp3) is 0.588. The van der Waals surface area contributed by atoms with Gasteiger partial charge in [0.2, 0.25) is 10.0 Å². The van der Waals surface area contributed by atoms with Crippen molar-refractivity contribution in [2.45, 2.75) is 36.7 Å². The highest BCUT2D eigenvalue weighted by molar-refractivity contribution is 7.89. The summed E-state index contributed by atoms with van der Waals surface area (Å²) in [6.45, 7) is 2.55. The lowest BCUT2D eigenvalue weighted by Gasteiger charge is -2.19. The van der Waals surface area contributed by atoms with Crippen LogP contribution in [0.1, 0.15) is 25.7 Å². The maximum Gasteiger partial charge on any atom is 0.243 e. The lowest BCUT2D eigenvalue weighted by molar-refractivity contribution is 0.114. The van der Waals surface area contributed by atoms with Crippen LogP contribution in [0.2, 0.25) is 0 Å². The van der Waals surface area contributed by atoms with E-state index in [0.717, 1.165) is 32.3 Å². The standard InChI is InChI=1S/C17H25N3O4S2/c1-23-16-7-6-14(26(21,22)20-8-2-3-9-20)11-15(16)19-17(25)18-12-13-5-4-10-24-13/h6-7,11,13H,2-5,8-10,12H2,1H3,(H2,18,19,25). The van der Waals surface area contributed by atoms with Crippen molar-refractivity contribution < 1.29 is 17.9 Å². The summed E-state index contributed by atoms with van der Waals surface area (Å²) in [4.78, 5) is 0.240. The van der Waals surface area contributed by atoms with E-state index in [4.69, 9.17) is 21.7 Å². The Kier molecular flexibility index (Phi) is 6.33. The van der Waals surface area contributed by atoms with Crippen molar-refractivity contribution in [2.75, 3.05) is 38.7 Å². The van der Waals surface area contributed by atoms with Crippen molar-refractivity contribution >= 4 is 33.0 Å². The molecule has 2 fully saturated rings. The second-order valence-electron chi connectivity index (χ2n) is 6.44. The number of thiocarbonyl (C=S) groups is 1. The summed E-state index contributed by atoms with van der Waals surface area (Å²) in [5.41, 5.74) is 0.526. The lowest BCUT2D eigenvalue weighted by atomic mass is 10.2. The third-order valence-electron chi connectivity index (χ3n) is 4.64. The number of sulfonamides is 1. The van der Waals surface area contributed by atoms with E-state index in [0.29, 0.717) is 36.2 Å². The van der Waals surface area contributed by atoms with Crippen LogP contribution in [0, 0.1) is 0 Å². The Balaban J connectivity index is 1.71. The molecule has 144 valence electrons. The van der Waals surface area contributed by atoms with Gasteiger partial charge in [0.1, 0.15) is 5.75 Å². The van der Waals surface area contributed by atoms with Gasteiger partial charge < -0.3 is 20.1 Å². The Morgan fingerprint density at radius 3 is 2.77 bits per heavy atom. The second kappa shape index (κ2) is 8.51. The third-order valence-corrected chi connectivity index (χ3v) is 6.78. The Morgan fingerprint density at radius 1 is 1.35 bits per heavy atom. The summed E-state index contributed by atoms with van der Waals surface area (Å²) in [5, 5.41) is 6.57. The van der Waals surface area contributed by atoms with Gasteiger partial charge in [0.15, 0.2) is 5.11 Å². The molecule has 2 saturated heterocycles. The van der Waals surface area contributed by atoms with Crippen LogP contribution in [0.25, 0.3) is 0 Å². The van der Waals surface area contributed by atoms with E-state index >= 15 is 0 Å². The van der Waals surface area contributed by atoms with Gasteiger partial charge in [-0.3, -0.25) is 0 Å². The fourth-order valence-corrected chi connectivity index (χ4v) is 4.94. The number of nitrogens with zero attached hydrogens (tertiary/aromatic N) is 1. The van der Waals surface area contributed by atoms with Crippen molar-refractivity contribution in [1.82, 2.24) is 9.62 Å². The van der Waals surface area contributed by atoms with Crippen LogP contribution >= 0.6 is 12.2 Å². The van der Waals surface area contributed by atoms with Crippen molar-refractivity contribution in [3.05, 3.63) is 18.2 Å². The van der Waals surface area contributed by atoms with Crippen LogP contribution in [-0.4, -0.2) is 57.3 Å². The molecule has 1 aromatic rings. The van der Waals surface area contributed by atoms with E-state index in [1.807, 2.05) is 0 Å². The maximum atomic E-state index is 12.8. The fourth-order valence-electron chi connectivity index (χ4n) is 3.20. The maximum absolute atomic E-state index is 12.8. The molecule has 0 bridgehead atoms. The number of methoxy groups -OCH3 is 1. The van der Waals surface area contributed by atoms with E-state index < -0.39 is 10.0 Å². The van der Waals surface area contributed by atoms with E-state index in [-0.39, 0.29) is 11.0 Å². The molecule has 1 unspecified atom stereocenters. The summed E-state index contributed by atoms with van der Waals surface area (Å²) in [7, 11) is -1.95. The molecule has 0 saturated carbocycles. The van der Waals surface area contributed by atoms with Gasteiger partial charge in [0.25, 0.3) is 0 Å². The molecule has 0 radical (unpaired) electrons. The number of benzene rings is 1. The largest absolute Gasteiger partial charge is 0.495 e. The van der Waals surface area contributed by atoms with Crippen LogP contribution in [0.4, 0.5) is 5.69 Å². The molecule has 2 aliphatic rings. The second-order valence-corrected chi connectivity index (χ2v) is 8.79. The third kappa shape index (κ3) is 4.46. The number of hydrogen-bond acceptors (Lipinski definition) is 5. The number of hydrogen-bond donors (Lipinski definition) is 2.